The maximum absolute atomic E-state index is 12.3. The standard InChI is InChI=1S/C19H17ClN4O2S/c20-14-4-5-16-22-15(9-18(25)24(16)11-14)12-27-17-6-3-13(10-21-17)19(26)23-7-1-2-8-23/h3-6,9-11H,1-2,7-8,12H2. The lowest BCUT2D eigenvalue weighted by Gasteiger charge is -2.14. The number of nitrogens with zero attached hydrogens (tertiary/aromatic N) is 4. The minimum Gasteiger partial charge on any atom is -0.339 e. The molecule has 0 saturated carbocycles. The molecule has 6 nitrogen and oxygen atoms in total. The molecule has 0 bridgehead atoms. The van der Waals surface area contributed by atoms with Gasteiger partial charge in [0.15, 0.2) is 0 Å². The summed E-state index contributed by atoms with van der Waals surface area (Å²) in [4.78, 5) is 35.3. The first-order valence-corrected chi connectivity index (χ1v) is 10.0. The van der Waals surface area contributed by atoms with Gasteiger partial charge in [0.25, 0.3) is 11.5 Å². The van der Waals surface area contributed by atoms with Gasteiger partial charge in [-0.15, -0.1) is 11.8 Å². The smallest absolute Gasteiger partial charge is 0.258 e. The zero-order valence-electron chi connectivity index (χ0n) is 14.5. The van der Waals surface area contributed by atoms with E-state index in [1.807, 2.05) is 11.0 Å². The first-order valence-electron chi connectivity index (χ1n) is 8.66. The monoisotopic (exact) mass is 400 g/mol. The summed E-state index contributed by atoms with van der Waals surface area (Å²) in [6.45, 7) is 1.65. The number of halogens is 1. The van der Waals surface area contributed by atoms with Crippen LogP contribution in [0.1, 0.15) is 28.9 Å². The summed E-state index contributed by atoms with van der Waals surface area (Å²) < 4.78 is 1.42. The third-order valence-corrected chi connectivity index (χ3v) is 5.62. The predicted octanol–water partition coefficient (Wildman–Crippen LogP) is 3.27. The number of amides is 1. The van der Waals surface area contributed by atoms with E-state index >= 15 is 0 Å². The van der Waals surface area contributed by atoms with Crippen LogP contribution in [0.2, 0.25) is 5.02 Å². The minimum atomic E-state index is -0.169. The molecule has 1 fully saturated rings. The van der Waals surface area contributed by atoms with E-state index in [0.29, 0.717) is 27.7 Å². The van der Waals surface area contributed by atoms with Gasteiger partial charge in [0.1, 0.15) is 5.65 Å². The van der Waals surface area contributed by atoms with Gasteiger partial charge in [0.05, 0.1) is 21.3 Å². The van der Waals surface area contributed by atoms with Crippen LogP contribution < -0.4 is 5.56 Å². The summed E-state index contributed by atoms with van der Waals surface area (Å²) in [5.41, 5.74) is 1.67. The molecule has 0 N–H and O–H groups in total. The van der Waals surface area contributed by atoms with Crippen molar-refractivity contribution in [3.63, 3.8) is 0 Å². The molecule has 0 unspecified atom stereocenters. The van der Waals surface area contributed by atoms with Crippen LogP contribution in [0.25, 0.3) is 5.65 Å². The lowest BCUT2D eigenvalue weighted by molar-refractivity contribution is 0.0792. The fraction of sp³-hybridized carbons (Fsp3) is 0.263. The molecule has 0 aliphatic carbocycles. The van der Waals surface area contributed by atoms with Crippen molar-refractivity contribution in [1.29, 1.82) is 0 Å². The van der Waals surface area contributed by atoms with Crippen molar-refractivity contribution >= 4 is 34.9 Å². The SMILES string of the molecule is O=C(c1ccc(SCc2cc(=O)n3cc(Cl)ccc3n2)nc1)N1CCCC1. The molecule has 0 spiro atoms. The number of pyridine rings is 2. The maximum atomic E-state index is 12.3. The number of thioether (sulfide) groups is 1. The molecule has 1 aliphatic rings. The van der Waals surface area contributed by atoms with E-state index in [0.717, 1.165) is 31.0 Å². The van der Waals surface area contributed by atoms with Crippen LogP contribution in [0.3, 0.4) is 0 Å². The normalized spacial score (nSPS) is 14.0. The molecule has 138 valence electrons. The molecule has 27 heavy (non-hydrogen) atoms. The number of hydrogen-bond acceptors (Lipinski definition) is 5. The third-order valence-electron chi connectivity index (χ3n) is 4.42. The van der Waals surface area contributed by atoms with Crippen molar-refractivity contribution in [1.82, 2.24) is 19.3 Å². The largest absolute Gasteiger partial charge is 0.339 e. The van der Waals surface area contributed by atoms with Gasteiger partial charge < -0.3 is 4.90 Å². The zero-order valence-corrected chi connectivity index (χ0v) is 16.0. The lowest BCUT2D eigenvalue weighted by atomic mass is 10.2. The Morgan fingerprint density at radius 3 is 2.74 bits per heavy atom. The number of likely N-dealkylation sites (tertiary alicyclic amines) is 1. The van der Waals surface area contributed by atoms with Crippen LogP contribution >= 0.6 is 23.4 Å². The average molecular weight is 401 g/mol. The fourth-order valence-corrected chi connectivity index (χ4v) is 3.94. The summed E-state index contributed by atoms with van der Waals surface area (Å²) in [5.74, 6) is 0.556. The van der Waals surface area contributed by atoms with Gasteiger partial charge in [-0.25, -0.2) is 9.97 Å². The van der Waals surface area contributed by atoms with Gasteiger partial charge in [0, 0.05) is 37.3 Å². The molecule has 1 amide bonds. The maximum Gasteiger partial charge on any atom is 0.258 e. The molecule has 1 aliphatic heterocycles. The van der Waals surface area contributed by atoms with E-state index < -0.39 is 0 Å². The van der Waals surface area contributed by atoms with Crippen LogP contribution in [-0.4, -0.2) is 38.3 Å². The number of carbonyl (C=O) groups is 1. The molecule has 3 aromatic heterocycles. The molecule has 1 saturated heterocycles. The van der Waals surface area contributed by atoms with Crippen molar-refractivity contribution < 1.29 is 4.79 Å². The highest BCUT2D eigenvalue weighted by Gasteiger charge is 2.19. The van der Waals surface area contributed by atoms with E-state index in [-0.39, 0.29) is 11.5 Å². The third kappa shape index (κ3) is 3.99. The summed E-state index contributed by atoms with van der Waals surface area (Å²) in [5, 5.41) is 1.27. The highest BCUT2D eigenvalue weighted by Crippen LogP contribution is 2.21. The quantitative estimate of drug-likeness (QED) is 0.629. The molecular formula is C19H17ClN4O2S. The van der Waals surface area contributed by atoms with E-state index in [1.165, 1.54) is 22.2 Å². The molecule has 0 aromatic carbocycles. The van der Waals surface area contributed by atoms with Crippen LogP contribution in [0.15, 0.2) is 52.5 Å². The second-order valence-corrected chi connectivity index (χ2v) is 7.77. The Bertz CT molecular complexity index is 1050. The summed E-state index contributed by atoms with van der Waals surface area (Å²) >= 11 is 7.40. The predicted molar refractivity (Wildman–Crippen MR) is 105 cm³/mol. The van der Waals surface area contributed by atoms with Crippen molar-refractivity contribution in [2.45, 2.75) is 23.6 Å². The van der Waals surface area contributed by atoms with Crippen LogP contribution in [0.4, 0.5) is 0 Å². The first-order chi connectivity index (χ1) is 13.1. The van der Waals surface area contributed by atoms with E-state index in [4.69, 9.17) is 11.6 Å². The molecular weight excluding hydrogens is 384 g/mol. The summed E-state index contributed by atoms with van der Waals surface area (Å²) in [7, 11) is 0. The number of hydrogen-bond donors (Lipinski definition) is 0. The average Bonchev–Trinajstić information content (AvgIpc) is 3.22. The second kappa shape index (κ2) is 7.70. The van der Waals surface area contributed by atoms with Gasteiger partial charge in [-0.3, -0.25) is 14.0 Å². The zero-order chi connectivity index (χ0) is 18.8. The minimum absolute atomic E-state index is 0.0411. The second-order valence-electron chi connectivity index (χ2n) is 6.33. The van der Waals surface area contributed by atoms with Crippen molar-refractivity contribution in [3.8, 4) is 0 Å². The summed E-state index contributed by atoms with van der Waals surface area (Å²) in [6.07, 6.45) is 5.31. The molecule has 0 atom stereocenters. The van der Waals surface area contributed by atoms with E-state index in [2.05, 4.69) is 9.97 Å². The van der Waals surface area contributed by atoms with Crippen LogP contribution in [-0.2, 0) is 5.75 Å². The number of aromatic nitrogens is 3. The molecule has 0 radical (unpaired) electrons. The van der Waals surface area contributed by atoms with E-state index in [9.17, 15) is 9.59 Å². The van der Waals surface area contributed by atoms with Crippen molar-refractivity contribution in [3.05, 3.63) is 69.4 Å². The Balaban J connectivity index is 1.45. The number of carbonyl (C=O) groups excluding carboxylic acids is 1. The molecule has 4 rings (SSSR count). The highest BCUT2D eigenvalue weighted by molar-refractivity contribution is 7.98. The summed E-state index contributed by atoms with van der Waals surface area (Å²) in [6, 6.07) is 8.57. The highest BCUT2D eigenvalue weighted by atomic mass is 35.5. The van der Waals surface area contributed by atoms with Gasteiger partial charge in [-0.1, -0.05) is 11.6 Å². The van der Waals surface area contributed by atoms with Gasteiger partial charge in [0.2, 0.25) is 0 Å². The van der Waals surface area contributed by atoms with Crippen LogP contribution in [0.5, 0.6) is 0 Å². The van der Waals surface area contributed by atoms with Gasteiger partial charge in [-0.2, -0.15) is 0 Å². The molecule has 4 heterocycles. The number of fused-ring (bicyclic) bond motifs is 1. The Hall–Kier alpha value is -2.38. The lowest BCUT2D eigenvalue weighted by Crippen LogP contribution is -2.27. The molecule has 3 aromatic rings. The number of rotatable bonds is 4. The van der Waals surface area contributed by atoms with Crippen molar-refractivity contribution in [2.75, 3.05) is 13.1 Å². The van der Waals surface area contributed by atoms with Crippen molar-refractivity contribution in [2.24, 2.45) is 0 Å². The fourth-order valence-electron chi connectivity index (χ4n) is 3.04. The Kier molecular flexibility index (Phi) is 5.13. The topological polar surface area (TPSA) is 67.6 Å². The van der Waals surface area contributed by atoms with E-state index in [1.54, 1.807) is 30.6 Å². The Labute approximate surface area is 165 Å². The van der Waals surface area contributed by atoms with Gasteiger partial charge in [-0.05, 0) is 37.1 Å². The first kappa shape index (κ1) is 18.0. The Morgan fingerprint density at radius 2 is 2.00 bits per heavy atom. The van der Waals surface area contributed by atoms with Gasteiger partial charge >= 0.3 is 0 Å². The Morgan fingerprint density at radius 1 is 1.19 bits per heavy atom. The molecule has 8 heteroatoms. The van der Waals surface area contributed by atoms with Crippen LogP contribution in [0, 0.1) is 0 Å².